The van der Waals surface area contributed by atoms with Crippen molar-refractivity contribution in [2.45, 2.75) is 32.8 Å². The molecular formula is C16H19N3O2. The first-order valence-corrected chi connectivity index (χ1v) is 7.07. The number of ether oxygens (including phenoxy) is 1. The van der Waals surface area contributed by atoms with Gasteiger partial charge in [0.05, 0.1) is 11.4 Å². The van der Waals surface area contributed by atoms with Gasteiger partial charge in [-0.3, -0.25) is 4.90 Å². The lowest BCUT2D eigenvalue weighted by Gasteiger charge is -2.24. The maximum Gasteiger partial charge on any atom is 0.414 e. The van der Waals surface area contributed by atoms with Crippen LogP contribution in [0.15, 0.2) is 36.7 Å². The van der Waals surface area contributed by atoms with Crippen molar-refractivity contribution in [2.75, 3.05) is 11.4 Å². The van der Waals surface area contributed by atoms with Gasteiger partial charge in [0, 0.05) is 18.9 Å². The summed E-state index contributed by atoms with van der Waals surface area (Å²) >= 11 is 0. The first kappa shape index (κ1) is 13.7. The van der Waals surface area contributed by atoms with E-state index < -0.39 is 5.60 Å². The Morgan fingerprint density at radius 2 is 2.14 bits per heavy atom. The molecule has 2 aromatic rings. The minimum absolute atomic E-state index is 0.284. The Balaban J connectivity index is 1.85. The van der Waals surface area contributed by atoms with E-state index in [1.165, 1.54) is 0 Å². The summed E-state index contributed by atoms with van der Waals surface area (Å²) in [6.07, 6.45) is 4.21. The molecule has 0 saturated carbocycles. The molecule has 0 aliphatic carbocycles. The highest BCUT2D eigenvalue weighted by Crippen LogP contribution is 2.31. The second-order valence-corrected chi connectivity index (χ2v) is 6.15. The second-order valence-electron chi connectivity index (χ2n) is 6.15. The van der Waals surface area contributed by atoms with Crippen LogP contribution in [0.5, 0.6) is 0 Å². The Hall–Kier alpha value is -2.30. The summed E-state index contributed by atoms with van der Waals surface area (Å²) in [5.74, 6) is 0. The molecule has 21 heavy (non-hydrogen) atoms. The van der Waals surface area contributed by atoms with Gasteiger partial charge in [-0.2, -0.15) is 5.10 Å². The molecule has 3 rings (SSSR count). The van der Waals surface area contributed by atoms with Crippen molar-refractivity contribution >= 4 is 11.8 Å². The third kappa shape index (κ3) is 2.77. The molecule has 0 spiro atoms. The van der Waals surface area contributed by atoms with Crippen LogP contribution in [0.3, 0.4) is 0 Å². The van der Waals surface area contributed by atoms with Crippen molar-refractivity contribution in [1.29, 1.82) is 0 Å². The van der Waals surface area contributed by atoms with Crippen LogP contribution in [0.2, 0.25) is 0 Å². The molecule has 5 heteroatoms. The molecule has 0 unspecified atom stereocenters. The first-order valence-electron chi connectivity index (χ1n) is 7.07. The first-order chi connectivity index (χ1) is 9.94. The summed E-state index contributed by atoms with van der Waals surface area (Å²) < 4.78 is 7.27. The van der Waals surface area contributed by atoms with E-state index >= 15 is 0 Å². The Bertz CT molecular complexity index is 657. The number of benzene rings is 1. The van der Waals surface area contributed by atoms with Gasteiger partial charge in [-0.25, -0.2) is 9.48 Å². The number of anilines is 1. The highest BCUT2D eigenvalue weighted by atomic mass is 16.6. The maximum atomic E-state index is 12.2. The van der Waals surface area contributed by atoms with Crippen LogP contribution in [-0.2, 0) is 11.2 Å². The molecule has 0 N–H and O–H groups in total. The Morgan fingerprint density at radius 3 is 2.81 bits per heavy atom. The van der Waals surface area contributed by atoms with E-state index in [1.807, 2.05) is 49.8 Å². The van der Waals surface area contributed by atoms with Crippen molar-refractivity contribution in [2.24, 2.45) is 0 Å². The molecule has 2 heterocycles. The Kier molecular flexibility index (Phi) is 3.20. The van der Waals surface area contributed by atoms with Gasteiger partial charge in [-0.05, 0) is 57.0 Å². The average molecular weight is 285 g/mol. The predicted octanol–water partition coefficient (Wildman–Crippen LogP) is 3.17. The third-order valence-electron chi connectivity index (χ3n) is 3.34. The quantitative estimate of drug-likeness (QED) is 0.808. The van der Waals surface area contributed by atoms with Crippen LogP contribution >= 0.6 is 0 Å². The number of hydrogen-bond acceptors (Lipinski definition) is 3. The summed E-state index contributed by atoms with van der Waals surface area (Å²) in [5, 5.41) is 4.23. The molecule has 1 aliphatic heterocycles. The van der Waals surface area contributed by atoms with Crippen LogP contribution in [0.25, 0.3) is 5.69 Å². The number of nitrogens with zero attached hydrogens (tertiary/aromatic N) is 3. The SMILES string of the molecule is CC(C)(C)OC(=O)N1CCc2cc(-n3cccn3)ccc21. The lowest BCUT2D eigenvalue weighted by atomic mass is 10.1. The minimum Gasteiger partial charge on any atom is -0.443 e. The third-order valence-corrected chi connectivity index (χ3v) is 3.34. The van der Waals surface area contributed by atoms with Crippen molar-refractivity contribution in [3.8, 4) is 5.69 Å². The van der Waals surface area contributed by atoms with Gasteiger partial charge in [0.2, 0.25) is 0 Å². The number of fused-ring (bicyclic) bond motifs is 1. The topological polar surface area (TPSA) is 47.4 Å². The average Bonchev–Trinajstić information content (AvgIpc) is 3.05. The number of rotatable bonds is 1. The largest absolute Gasteiger partial charge is 0.443 e. The summed E-state index contributed by atoms with van der Waals surface area (Å²) in [7, 11) is 0. The molecule has 0 atom stereocenters. The van der Waals surface area contributed by atoms with Crippen molar-refractivity contribution in [1.82, 2.24) is 9.78 Å². The van der Waals surface area contributed by atoms with Crippen molar-refractivity contribution < 1.29 is 9.53 Å². The predicted molar refractivity (Wildman–Crippen MR) is 80.8 cm³/mol. The molecule has 110 valence electrons. The Labute approximate surface area is 124 Å². The lowest BCUT2D eigenvalue weighted by Crippen LogP contribution is -2.35. The fourth-order valence-corrected chi connectivity index (χ4v) is 2.46. The van der Waals surface area contributed by atoms with Crippen LogP contribution in [0, 0.1) is 0 Å². The number of aromatic nitrogens is 2. The zero-order valence-electron chi connectivity index (χ0n) is 12.5. The van der Waals surface area contributed by atoms with Crippen molar-refractivity contribution in [3.63, 3.8) is 0 Å². The van der Waals surface area contributed by atoms with Crippen LogP contribution in [-0.4, -0.2) is 28.0 Å². The summed E-state index contributed by atoms with van der Waals surface area (Å²) in [6.45, 7) is 6.29. The fraction of sp³-hybridized carbons (Fsp3) is 0.375. The van der Waals surface area contributed by atoms with Gasteiger partial charge in [-0.1, -0.05) is 0 Å². The number of carbonyl (C=O) groups is 1. The molecule has 0 radical (unpaired) electrons. The number of hydrogen-bond donors (Lipinski definition) is 0. The zero-order valence-corrected chi connectivity index (χ0v) is 12.5. The zero-order chi connectivity index (χ0) is 15.0. The molecule has 5 nitrogen and oxygen atoms in total. The molecule has 1 aromatic carbocycles. The van der Waals surface area contributed by atoms with E-state index in [2.05, 4.69) is 11.2 Å². The second kappa shape index (κ2) is 4.91. The molecule has 1 amide bonds. The molecule has 0 saturated heterocycles. The van der Waals surface area contributed by atoms with E-state index in [4.69, 9.17) is 4.74 Å². The van der Waals surface area contributed by atoms with Gasteiger partial charge in [-0.15, -0.1) is 0 Å². The normalized spacial score (nSPS) is 14.1. The van der Waals surface area contributed by atoms with Crippen LogP contribution in [0.4, 0.5) is 10.5 Å². The molecule has 1 aliphatic rings. The van der Waals surface area contributed by atoms with E-state index in [0.717, 1.165) is 23.4 Å². The highest BCUT2D eigenvalue weighted by molar-refractivity contribution is 5.90. The van der Waals surface area contributed by atoms with E-state index in [1.54, 1.807) is 11.1 Å². The van der Waals surface area contributed by atoms with Gasteiger partial charge in [0.15, 0.2) is 0 Å². The molecule has 0 bridgehead atoms. The molecule has 1 aromatic heterocycles. The van der Waals surface area contributed by atoms with Gasteiger partial charge in [0.1, 0.15) is 5.60 Å². The molecular weight excluding hydrogens is 266 g/mol. The maximum absolute atomic E-state index is 12.2. The van der Waals surface area contributed by atoms with E-state index in [-0.39, 0.29) is 6.09 Å². The highest BCUT2D eigenvalue weighted by Gasteiger charge is 2.29. The Morgan fingerprint density at radius 1 is 1.33 bits per heavy atom. The summed E-state index contributed by atoms with van der Waals surface area (Å²) in [5.41, 5.74) is 2.60. The monoisotopic (exact) mass is 285 g/mol. The fourth-order valence-electron chi connectivity index (χ4n) is 2.46. The smallest absolute Gasteiger partial charge is 0.414 e. The van der Waals surface area contributed by atoms with Crippen LogP contribution in [0.1, 0.15) is 26.3 Å². The van der Waals surface area contributed by atoms with Gasteiger partial charge in [0.25, 0.3) is 0 Å². The molecule has 0 fully saturated rings. The van der Waals surface area contributed by atoms with E-state index in [9.17, 15) is 4.79 Å². The standard InChI is InChI=1S/C16H19N3O2/c1-16(2,3)21-15(20)18-10-7-12-11-13(5-6-14(12)18)19-9-4-8-17-19/h4-6,8-9,11H,7,10H2,1-3H3. The van der Waals surface area contributed by atoms with Crippen molar-refractivity contribution in [3.05, 3.63) is 42.2 Å². The van der Waals surface area contributed by atoms with E-state index in [0.29, 0.717) is 6.54 Å². The lowest BCUT2D eigenvalue weighted by molar-refractivity contribution is 0.0584. The number of amides is 1. The summed E-state index contributed by atoms with van der Waals surface area (Å²) in [6, 6.07) is 7.89. The minimum atomic E-state index is -0.477. The summed E-state index contributed by atoms with van der Waals surface area (Å²) in [4.78, 5) is 13.9. The number of carbonyl (C=O) groups excluding carboxylic acids is 1. The van der Waals surface area contributed by atoms with Crippen LogP contribution < -0.4 is 4.90 Å². The van der Waals surface area contributed by atoms with Gasteiger partial charge >= 0.3 is 6.09 Å². The van der Waals surface area contributed by atoms with Gasteiger partial charge < -0.3 is 4.74 Å².